The number of para-hydroxylation sites is 1. The van der Waals surface area contributed by atoms with Crippen LogP contribution in [-0.4, -0.2) is 54.9 Å². The van der Waals surface area contributed by atoms with Gasteiger partial charge in [-0.2, -0.15) is 0 Å². The van der Waals surface area contributed by atoms with E-state index >= 15 is 0 Å². The van der Waals surface area contributed by atoms with Gasteiger partial charge in [0.2, 0.25) is 5.91 Å². The molecule has 1 N–H and O–H groups in total. The molecule has 7 nitrogen and oxygen atoms in total. The van der Waals surface area contributed by atoms with Gasteiger partial charge < -0.3 is 19.7 Å². The zero-order valence-electron chi connectivity index (χ0n) is 17.2. The molecule has 1 fully saturated rings. The van der Waals surface area contributed by atoms with Crippen LogP contribution >= 0.6 is 11.6 Å². The van der Waals surface area contributed by atoms with Gasteiger partial charge in [-0.05, 0) is 35.7 Å². The fourth-order valence-corrected chi connectivity index (χ4v) is 4.90. The molecular formula is C23H23ClN2O5. The molecule has 2 aromatic carbocycles. The number of ether oxygens (including phenoxy) is 2. The lowest BCUT2D eigenvalue weighted by molar-refractivity contribution is -0.157. The molecule has 0 saturated carbocycles. The minimum absolute atomic E-state index is 0.00459. The number of rotatable bonds is 4. The quantitative estimate of drug-likeness (QED) is 0.578. The van der Waals surface area contributed by atoms with Crippen LogP contribution in [0.3, 0.4) is 0 Å². The summed E-state index contributed by atoms with van der Waals surface area (Å²) in [7, 11) is 2.64. The van der Waals surface area contributed by atoms with E-state index in [2.05, 4.69) is 5.32 Å². The van der Waals surface area contributed by atoms with Gasteiger partial charge in [-0.1, -0.05) is 30.3 Å². The average molecular weight is 443 g/mol. The van der Waals surface area contributed by atoms with Crippen LogP contribution in [0.4, 0.5) is 5.69 Å². The Morgan fingerprint density at radius 1 is 1.06 bits per heavy atom. The molecule has 2 heterocycles. The Hall–Kier alpha value is -3.06. The number of benzene rings is 2. The Balaban J connectivity index is 1.82. The third kappa shape index (κ3) is 3.63. The fraction of sp³-hybridized carbons (Fsp3) is 0.348. The molecule has 0 spiro atoms. The van der Waals surface area contributed by atoms with E-state index in [1.807, 2.05) is 24.3 Å². The lowest BCUT2D eigenvalue weighted by Gasteiger charge is -2.47. The molecule has 0 bridgehead atoms. The standard InChI is InChI=1S/C23H23ClN2O5/c1-30-22(28)14-9-7-13(8-10-14)21-20-16(15-5-3-4-6-17(15)25-20)11-18(23(29)31-2)26(21)19(27)12-24/h3-10,16,18,20-21,25H,11-12H2,1-2H3/t16?,18?,20?,21-/m0/s1. The van der Waals surface area contributed by atoms with E-state index in [1.54, 1.807) is 24.3 Å². The zero-order chi connectivity index (χ0) is 22.1. The van der Waals surface area contributed by atoms with Crippen molar-refractivity contribution in [1.82, 2.24) is 4.90 Å². The average Bonchev–Trinajstić information content (AvgIpc) is 3.19. The van der Waals surface area contributed by atoms with Crippen molar-refractivity contribution in [2.45, 2.75) is 30.5 Å². The van der Waals surface area contributed by atoms with E-state index in [4.69, 9.17) is 21.1 Å². The van der Waals surface area contributed by atoms with Crippen molar-refractivity contribution in [2.75, 3.05) is 25.4 Å². The zero-order valence-corrected chi connectivity index (χ0v) is 18.0. The molecule has 3 unspecified atom stereocenters. The number of esters is 2. The number of carbonyl (C=O) groups excluding carboxylic acids is 3. The topological polar surface area (TPSA) is 84.9 Å². The summed E-state index contributed by atoms with van der Waals surface area (Å²) in [5.41, 5.74) is 3.28. The number of piperidine rings is 1. The number of likely N-dealkylation sites (tertiary alicyclic amines) is 1. The highest BCUT2D eigenvalue weighted by molar-refractivity contribution is 6.27. The molecule has 2 aliphatic rings. The molecule has 4 rings (SSSR count). The van der Waals surface area contributed by atoms with Crippen LogP contribution < -0.4 is 5.32 Å². The van der Waals surface area contributed by atoms with Gasteiger partial charge in [0, 0.05) is 11.6 Å². The van der Waals surface area contributed by atoms with Crippen LogP contribution in [0.15, 0.2) is 48.5 Å². The number of halogens is 1. The number of methoxy groups -OCH3 is 2. The van der Waals surface area contributed by atoms with Crippen molar-refractivity contribution in [3.63, 3.8) is 0 Å². The fourth-order valence-electron chi connectivity index (χ4n) is 4.76. The Morgan fingerprint density at radius 3 is 2.42 bits per heavy atom. The summed E-state index contributed by atoms with van der Waals surface area (Å²) in [6, 6.07) is 13.4. The highest BCUT2D eigenvalue weighted by Crippen LogP contribution is 2.50. The van der Waals surface area contributed by atoms with Gasteiger partial charge in [0.25, 0.3) is 0 Å². The van der Waals surface area contributed by atoms with Crippen LogP contribution in [0.25, 0.3) is 0 Å². The molecule has 162 valence electrons. The maximum atomic E-state index is 12.9. The van der Waals surface area contributed by atoms with Gasteiger partial charge in [-0.15, -0.1) is 11.6 Å². The number of hydrogen-bond acceptors (Lipinski definition) is 6. The second-order valence-electron chi connectivity index (χ2n) is 7.63. The predicted octanol–water partition coefficient (Wildman–Crippen LogP) is 3.10. The van der Waals surface area contributed by atoms with Gasteiger partial charge in [-0.3, -0.25) is 4.79 Å². The summed E-state index contributed by atoms with van der Waals surface area (Å²) >= 11 is 5.94. The van der Waals surface area contributed by atoms with Crippen molar-refractivity contribution in [2.24, 2.45) is 0 Å². The number of alkyl halides is 1. The molecule has 1 saturated heterocycles. The lowest BCUT2D eigenvalue weighted by Crippen LogP contribution is -2.57. The number of fused-ring (bicyclic) bond motifs is 3. The highest BCUT2D eigenvalue weighted by atomic mass is 35.5. The first-order valence-electron chi connectivity index (χ1n) is 9.98. The Bertz CT molecular complexity index is 1010. The van der Waals surface area contributed by atoms with Crippen LogP contribution in [0.1, 0.15) is 39.9 Å². The largest absolute Gasteiger partial charge is 0.467 e. The Kier molecular flexibility index (Phi) is 5.87. The van der Waals surface area contributed by atoms with Gasteiger partial charge in [0.1, 0.15) is 11.9 Å². The maximum Gasteiger partial charge on any atom is 0.337 e. The van der Waals surface area contributed by atoms with Crippen LogP contribution in [0, 0.1) is 0 Å². The van der Waals surface area contributed by atoms with Crippen molar-refractivity contribution in [1.29, 1.82) is 0 Å². The minimum atomic E-state index is -0.768. The van der Waals surface area contributed by atoms with Crippen molar-refractivity contribution >= 4 is 35.1 Å². The molecular weight excluding hydrogens is 420 g/mol. The minimum Gasteiger partial charge on any atom is -0.467 e. The molecule has 31 heavy (non-hydrogen) atoms. The molecule has 1 amide bonds. The van der Waals surface area contributed by atoms with E-state index in [1.165, 1.54) is 19.1 Å². The van der Waals surface area contributed by atoms with Gasteiger partial charge in [-0.25, -0.2) is 9.59 Å². The number of carbonyl (C=O) groups is 3. The second kappa shape index (κ2) is 8.59. The monoisotopic (exact) mass is 442 g/mol. The van der Waals surface area contributed by atoms with Gasteiger partial charge in [0.05, 0.1) is 31.9 Å². The van der Waals surface area contributed by atoms with Crippen LogP contribution in [0.2, 0.25) is 0 Å². The molecule has 0 aromatic heterocycles. The van der Waals surface area contributed by atoms with E-state index in [-0.39, 0.29) is 23.7 Å². The summed E-state index contributed by atoms with van der Waals surface area (Å²) in [5, 5.41) is 3.54. The smallest absolute Gasteiger partial charge is 0.337 e. The van der Waals surface area contributed by atoms with E-state index < -0.39 is 24.0 Å². The molecule has 2 aliphatic heterocycles. The lowest BCUT2D eigenvalue weighted by atomic mass is 9.77. The van der Waals surface area contributed by atoms with E-state index in [0.29, 0.717) is 12.0 Å². The third-order valence-electron chi connectivity index (χ3n) is 6.12. The summed E-state index contributed by atoms with van der Waals surface area (Å²) < 4.78 is 9.82. The molecule has 0 aliphatic carbocycles. The molecule has 0 radical (unpaired) electrons. The Labute approximate surface area is 185 Å². The summed E-state index contributed by atoms with van der Waals surface area (Å²) in [5.74, 6) is -1.52. The summed E-state index contributed by atoms with van der Waals surface area (Å²) in [4.78, 5) is 39.1. The van der Waals surface area contributed by atoms with Gasteiger partial charge in [0.15, 0.2) is 0 Å². The molecule has 2 aromatic rings. The first-order chi connectivity index (χ1) is 15.0. The SMILES string of the molecule is COC(=O)c1ccc([C@H]2C3Nc4ccccc4C3CC(C(=O)OC)N2C(=O)CCl)cc1. The molecule has 4 atom stereocenters. The van der Waals surface area contributed by atoms with E-state index in [9.17, 15) is 14.4 Å². The van der Waals surface area contributed by atoms with Gasteiger partial charge >= 0.3 is 11.9 Å². The molecule has 8 heteroatoms. The van der Waals surface area contributed by atoms with Crippen LogP contribution in [0.5, 0.6) is 0 Å². The number of amides is 1. The summed E-state index contributed by atoms with van der Waals surface area (Å²) in [6.45, 7) is 0. The van der Waals surface area contributed by atoms with Crippen LogP contribution in [-0.2, 0) is 19.1 Å². The number of hydrogen-bond donors (Lipinski definition) is 1. The normalized spacial score (nSPS) is 23.9. The maximum absolute atomic E-state index is 12.9. The first kappa shape index (κ1) is 21.2. The third-order valence-corrected chi connectivity index (χ3v) is 6.35. The van der Waals surface area contributed by atoms with Crippen molar-refractivity contribution in [3.05, 3.63) is 65.2 Å². The first-order valence-corrected chi connectivity index (χ1v) is 10.5. The Morgan fingerprint density at radius 2 is 1.77 bits per heavy atom. The number of nitrogens with zero attached hydrogens (tertiary/aromatic N) is 1. The van der Waals surface area contributed by atoms with Crippen molar-refractivity contribution in [3.8, 4) is 0 Å². The highest BCUT2D eigenvalue weighted by Gasteiger charge is 2.51. The van der Waals surface area contributed by atoms with Crippen molar-refractivity contribution < 1.29 is 23.9 Å². The number of anilines is 1. The summed E-state index contributed by atoms with van der Waals surface area (Å²) in [6.07, 6.45) is 0.431. The number of nitrogens with one attached hydrogen (secondary N) is 1. The second-order valence-corrected chi connectivity index (χ2v) is 7.90. The predicted molar refractivity (Wildman–Crippen MR) is 115 cm³/mol. The van der Waals surface area contributed by atoms with E-state index in [0.717, 1.165) is 16.8 Å².